The van der Waals surface area contributed by atoms with Gasteiger partial charge >= 0.3 is 0 Å². The lowest BCUT2D eigenvalue weighted by atomic mass is 10.1. The number of Topliss-reactive ketones (excluding diaryl/α,β-unsaturated/α-hetero) is 1. The molecule has 0 bridgehead atoms. The van der Waals surface area contributed by atoms with Crippen LogP contribution in [0.25, 0.3) is 23.1 Å². The molecule has 72 valence electrons. The molecule has 0 fully saturated rings. The summed E-state index contributed by atoms with van der Waals surface area (Å²) in [5.41, 5.74) is 0.982. The molecule has 1 aliphatic carbocycles. The van der Waals surface area contributed by atoms with Crippen molar-refractivity contribution in [3.8, 4) is 0 Å². The third-order valence-corrected chi connectivity index (χ3v) is 2.60. The highest BCUT2D eigenvalue weighted by molar-refractivity contribution is 6.09. The summed E-state index contributed by atoms with van der Waals surface area (Å²) < 4.78 is 0. The second-order valence-electron chi connectivity index (χ2n) is 3.67. The summed E-state index contributed by atoms with van der Waals surface area (Å²) in [7, 11) is 0. The highest BCUT2D eigenvalue weighted by atomic mass is 16.1. The average molecular weight is 195 g/mol. The van der Waals surface area contributed by atoms with E-state index in [0.29, 0.717) is 6.42 Å². The molecule has 0 saturated heterocycles. The van der Waals surface area contributed by atoms with Crippen LogP contribution in [0.15, 0.2) is 30.3 Å². The lowest BCUT2D eigenvalue weighted by Gasteiger charge is -2.01. The number of carbonyl (C=O) groups is 1. The molecule has 3 rings (SSSR count). The van der Waals surface area contributed by atoms with Crippen molar-refractivity contribution in [3.63, 3.8) is 0 Å². The third kappa shape index (κ3) is 1.34. The number of aromatic nitrogens is 1. The number of nitrogens with zero attached hydrogens (tertiary/aromatic N) is 1. The van der Waals surface area contributed by atoms with Crippen molar-refractivity contribution in [2.24, 2.45) is 0 Å². The number of hydrogen-bond acceptors (Lipinski definition) is 2. The molecule has 2 aromatic rings. The van der Waals surface area contributed by atoms with E-state index in [1.165, 1.54) is 0 Å². The Bertz CT molecular complexity index is 670. The Morgan fingerprint density at radius 3 is 3.00 bits per heavy atom. The minimum absolute atomic E-state index is 0.152. The zero-order chi connectivity index (χ0) is 10.3. The number of rotatable bonds is 0. The van der Waals surface area contributed by atoms with Gasteiger partial charge in [0.1, 0.15) is 0 Å². The summed E-state index contributed by atoms with van der Waals surface area (Å²) in [4.78, 5) is 15.8. The standard InChI is InChI=1S/C13H9NO/c15-11-5-6-13-10(8-11)7-9-3-1-2-4-12(9)14-13/h1-4,6-8H,5H2. The molecule has 1 aromatic carbocycles. The molecule has 0 saturated carbocycles. The van der Waals surface area contributed by atoms with Crippen LogP contribution in [-0.4, -0.2) is 10.8 Å². The molecule has 15 heavy (non-hydrogen) atoms. The fraction of sp³-hybridized carbons (Fsp3) is 0.0769. The van der Waals surface area contributed by atoms with Crippen molar-refractivity contribution in [1.29, 1.82) is 0 Å². The highest BCUT2D eigenvalue weighted by Crippen LogP contribution is 2.06. The highest BCUT2D eigenvalue weighted by Gasteiger charge is 2.03. The molecule has 0 radical (unpaired) electrons. The Balaban J connectivity index is 2.49. The minimum Gasteiger partial charge on any atom is -0.294 e. The van der Waals surface area contributed by atoms with E-state index in [2.05, 4.69) is 4.98 Å². The van der Waals surface area contributed by atoms with E-state index in [0.717, 1.165) is 21.5 Å². The average Bonchev–Trinajstić information content (AvgIpc) is 2.26. The first-order valence-corrected chi connectivity index (χ1v) is 4.93. The summed E-state index contributed by atoms with van der Waals surface area (Å²) >= 11 is 0. The zero-order valence-electron chi connectivity index (χ0n) is 8.10. The van der Waals surface area contributed by atoms with Crippen LogP contribution in [0.1, 0.15) is 6.42 Å². The molecule has 0 spiro atoms. The number of para-hydroxylation sites is 1. The van der Waals surface area contributed by atoms with Crippen LogP contribution in [0.4, 0.5) is 0 Å². The van der Waals surface area contributed by atoms with Crippen LogP contribution in [0.5, 0.6) is 0 Å². The fourth-order valence-electron chi connectivity index (χ4n) is 1.86. The van der Waals surface area contributed by atoms with Gasteiger partial charge in [0.05, 0.1) is 10.9 Å². The lowest BCUT2D eigenvalue weighted by Crippen LogP contribution is -2.31. The lowest BCUT2D eigenvalue weighted by molar-refractivity contribution is -0.112. The van der Waals surface area contributed by atoms with E-state index in [1.807, 2.05) is 36.4 Å². The molecule has 0 atom stereocenters. The van der Waals surface area contributed by atoms with Crippen molar-refractivity contribution in [2.45, 2.75) is 6.42 Å². The molecule has 2 heteroatoms. The van der Waals surface area contributed by atoms with Crippen LogP contribution in [0.2, 0.25) is 0 Å². The normalized spacial score (nSPS) is 14.3. The van der Waals surface area contributed by atoms with Gasteiger partial charge in [-0.05, 0) is 18.2 Å². The Morgan fingerprint density at radius 1 is 1.20 bits per heavy atom. The van der Waals surface area contributed by atoms with Gasteiger partial charge < -0.3 is 0 Å². The largest absolute Gasteiger partial charge is 0.294 e. The monoisotopic (exact) mass is 195 g/mol. The van der Waals surface area contributed by atoms with E-state index in [4.69, 9.17) is 0 Å². The molecule has 1 aliphatic rings. The number of carbonyl (C=O) groups excluding carboxylic acids is 1. The van der Waals surface area contributed by atoms with Crippen LogP contribution in [0.3, 0.4) is 0 Å². The summed E-state index contributed by atoms with van der Waals surface area (Å²) in [5.74, 6) is 0.152. The molecule has 0 amide bonds. The van der Waals surface area contributed by atoms with Gasteiger partial charge in [0.15, 0.2) is 5.78 Å². The SMILES string of the molecule is O=C1C=c2cc3ccccc3nc2=CC1. The molecule has 0 N–H and O–H groups in total. The summed E-state index contributed by atoms with van der Waals surface area (Å²) in [6.07, 6.45) is 4.04. The maximum Gasteiger partial charge on any atom is 0.160 e. The topological polar surface area (TPSA) is 30.0 Å². The molecule has 1 aromatic heterocycles. The third-order valence-electron chi connectivity index (χ3n) is 2.60. The molecular weight excluding hydrogens is 186 g/mol. The van der Waals surface area contributed by atoms with Gasteiger partial charge in [-0.1, -0.05) is 24.3 Å². The number of benzene rings is 1. The molecule has 1 heterocycles. The Hall–Kier alpha value is -1.96. The van der Waals surface area contributed by atoms with Crippen molar-refractivity contribution in [1.82, 2.24) is 4.98 Å². The van der Waals surface area contributed by atoms with E-state index >= 15 is 0 Å². The second-order valence-corrected chi connectivity index (χ2v) is 3.67. The van der Waals surface area contributed by atoms with Crippen molar-refractivity contribution in [2.75, 3.05) is 0 Å². The van der Waals surface area contributed by atoms with Crippen LogP contribution in [-0.2, 0) is 4.79 Å². The van der Waals surface area contributed by atoms with Crippen molar-refractivity contribution < 1.29 is 4.79 Å². The molecule has 0 unspecified atom stereocenters. The van der Waals surface area contributed by atoms with Gasteiger partial charge in [0.2, 0.25) is 0 Å². The Labute approximate surface area is 86.6 Å². The quantitative estimate of drug-likeness (QED) is 0.621. The van der Waals surface area contributed by atoms with Crippen LogP contribution in [0, 0.1) is 0 Å². The number of hydrogen-bond donors (Lipinski definition) is 0. The predicted octanol–water partition coefficient (Wildman–Crippen LogP) is 0.769. The predicted molar refractivity (Wildman–Crippen MR) is 59.5 cm³/mol. The van der Waals surface area contributed by atoms with E-state index in [9.17, 15) is 4.79 Å². The smallest absolute Gasteiger partial charge is 0.160 e. The maximum atomic E-state index is 11.2. The second kappa shape index (κ2) is 3.02. The Morgan fingerprint density at radius 2 is 2.07 bits per heavy atom. The fourth-order valence-corrected chi connectivity index (χ4v) is 1.86. The van der Waals surface area contributed by atoms with Crippen LogP contribution >= 0.6 is 0 Å². The van der Waals surface area contributed by atoms with Gasteiger partial charge in [-0.15, -0.1) is 0 Å². The van der Waals surface area contributed by atoms with Crippen LogP contribution < -0.4 is 10.6 Å². The maximum absolute atomic E-state index is 11.2. The first kappa shape index (κ1) is 8.36. The van der Waals surface area contributed by atoms with Crippen molar-refractivity contribution in [3.05, 3.63) is 40.9 Å². The number of ketones is 1. The number of fused-ring (bicyclic) bond motifs is 2. The summed E-state index contributed by atoms with van der Waals surface area (Å²) in [5, 5.41) is 2.94. The zero-order valence-corrected chi connectivity index (χ0v) is 8.10. The van der Waals surface area contributed by atoms with Gasteiger partial charge in [-0.2, -0.15) is 0 Å². The molecule has 2 nitrogen and oxygen atoms in total. The van der Waals surface area contributed by atoms with Gasteiger partial charge in [-0.3, -0.25) is 4.79 Å². The summed E-state index contributed by atoms with van der Waals surface area (Å²) in [6.45, 7) is 0. The van der Waals surface area contributed by atoms with Gasteiger partial charge in [0.25, 0.3) is 0 Å². The van der Waals surface area contributed by atoms with E-state index in [-0.39, 0.29) is 5.78 Å². The minimum atomic E-state index is 0.152. The molecule has 0 aliphatic heterocycles. The molecular formula is C13H9NO. The van der Waals surface area contributed by atoms with E-state index in [1.54, 1.807) is 6.08 Å². The first-order chi connectivity index (χ1) is 7.33. The van der Waals surface area contributed by atoms with Gasteiger partial charge in [0, 0.05) is 17.0 Å². The first-order valence-electron chi connectivity index (χ1n) is 4.93. The summed E-state index contributed by atoms with van der Waals surface area (Å²) in [6, 6.07) is 9.96. The van der Waals surface area contributed by atoms with Crippen molar-refractivity contribution >= 4 is 28.8 Å². The number of pyridine rings is 1. The Kier molecular flexibility index (Phi) is 1.68. The van der Waals surface area contributed by atoms with Gasteiger partial charge in [-0.25, -0.2) is 4.98 Å². The van der Waals surface area contributed by atoms with E-state index < -0.39 is 0 Å².